The second-order valence-corrected chi connectivity index (χ2v) is 6.96. The molecule has 1 saturated heterocycles. The van der Waals surface area contributed by atoms with Gasteiger partial charge in [-0.15, -0.1) is 0 Å². The molecule has 1 aromatic rings. The minimum absolute atomic E-state index is 0.0490. The lowest BCUT2D eigenvalue weighted by Gasteiger charge is -2.17. The molecule has 0 spiro atoms. The average molecular weight is 316 g/mol. The Balaban J connectivity index is 2.21. The maximum absolute atomic E-state index is 13.7. The van der Waals surface area contributed by atoms with Gasteiger partial charge in [0.05, 0.1) is 29.7 Å². The Kier molecular flexibility index (Phi) is 4.60. The van der Waals surface area contributed by atoms with Gasteiger partial charge in [0.15, 0.2) is 9.84 Å². The molecule has 1 aliphatic heterocycles. The summed E-state index contributed by atoms with van der Waals surface area (Å²) in [5.74, 6) is -1.54. The van der Waals surface area contributed by atoms with Gasteiger partial charge in [-0.2, -0.15) is 0 Å². The van der Waals surface area contributed by atoms with Crippen LogP contribution in [0.4, 0.5) is 10.1 Å². The van der Waals surface area contributed by atoms with Gasteiger partial charge in [-0.1, -0.05) is 0 Å². The number of ether oxygens (including phenoxy) is 1. The van der Waals surface area contributed by atoms with E-state index < -0.39 is 27.5 Å². The Morgan fingerprint density at radius 1 is 1.38 bits per heavy atom. The number of halogens is 1. The monoisotopic (exact) mass is 316 g/mol. The summed E-state index contributed by atoms with van der Waals surface area (Å²) in [6.45, 7) is 0.644. The third-order valence-corrected chi connectivity index (χ3v) is 4.52. The predicted molar refractivity (Wildman–Crippen MR) is 75.3 cm³/mol. The fourth-order valence-corrected chi connectivity index (χ4v) is 2.80. The molecule has 1 aromatic carbocycles. The Hall–Kier alpha value is -1.51. The molecule has 0 bridgehead atoms. The number of nitrogens with one attached hydrogen (secondary N) is 2. The van der Waals surface area contributed by atoms with Crippen LogP contribution in [0.5, 0.6) is 0 Å². The Bertz CT molecular complexity index is 648. The highest BCUT2D eigenvalue weighted by atomic mass is 32.2. The SMILES string of the molecule is CNC1COCC1C(=O)Nc1cc(S(C)(=O)=O)ccc1F. The van der Waals surface area contributed by atoms with Crippen molar-refractivity contribution < 1.29 is 22.3 Å². The van der Waals surface area contributed by atoms with E-state index in [0.717, 1.165) is 24.5 Å². The number of anilines is 1. The smallest absolute Gasteiger partial charge is 0.231 e. The van der Waals surface area contributed by atoms with E-state index in [0.29, 0.717) is 6.61 Å². The van der Waals surface area contributed by atoms with Crippen LogP contribution < -0.4 is 10.6 Å². The van der Waals surface area contributed by atoms with Crippen molar-refractivity contribution in [2.24, 2.45) is 5.92 Å². The molecule has 8 heteroatoms. The molecule has 2 unspecified atom stereocenters. The topological polar surface area (TPSA) is 84.5 Å². The number of hydrogen-bond acceptors (Lipinski definition) is 5. The molecular formula is C13H17FN2O4S. The van der Waals surface area contributed by atoms with Crippen LogP contribution in [0, 0.1) is 11.7 Å². The van der Waals surface area contributed by atoms with E-state index in [1.54, 1.807) is 7.05 Å². The van der Waals surface area contributed by atoms with Crippen molar-refractivity contribution in [1.82, 2.24) is 5.32 Å². The number of hydrogen-bond donors (Lipinski definition) is 2. The van der Waals surface area contributed by atoms with Crippen LogP contribution in [0.25, 0.3) is 0 Å². The van der Waals surface area contributed by atoms with E-state index in [9.17, 15) is 17.6 Å². The largest absolute Gasteiger partial charge is 0.379 e. The maximum Gasteiger partial charge on any atom is 0.231 e. The maximum atomic E-state index is 13.7. The predicted octanol–water partition coefficient (Wildman–Crippen LogP) is 0.402. The van der Waals surface area contributed by atoms with E-state index in [1.165, 1.54) is 0 Å². The molecule has 6 nitrogen and oxygen atoms in total. The van der Waals surface area contributed by atoms with Gasteiger partial charge in [0.1, 0.15) is 5.82 Å². The lowest BCUT2D eigenvalue weighted by Crippen LogP contribution is -2.39. The van der Waals surface area contributed by atoms with Crippen molar-refractivity contribution in [1.29, 1.82) is 0 Å². The molecule has 2 rings (SSSR count). The molecule has 116 valence electrons. The number of rotatable bonds is 4. The van der Waals surface area contributed by atoms with Gasteiger partial charge in [-0.05, 0) is 25.2 Å². The van der Waals surface area contributed by atoms with Crippen molar-refractivity contribution in [3.05, 3.63) is 24.0 Å². The molecule has 1 fully saturated rings. The number of benzene rings is 1. The van der Waals surface area contributed by atoms with E-state index in [-0.39, 0.29) is 23.2 Å². The zero-order valence-electron chi connectivity index (χ0n) is 11.7. The number of carbonyl (C=O) groups is 1. The van der Waals surface area contributed by atoms with Crippen molar-refractivity contribution >= 4 is 21.4 Å². The van der Waals surface area contributed by atoms with Gasteiger partial charge >= 0.3 is 0 Å². The Labute approximate surface area is 122 Å². The van der Waals surface area contributed by atoms with Crippen LogP contribution in [-0.4, -0.2) is 46.9 Å². The summed E-state index contributed by atoms with van der Waals surface area (Å²) in [5.41, 5.74) is -0.148. The molecule has 1 amide bonds. The molecule has 0 aliphatic carbocycles. The fraction of sp³-hybridized carbons (Fsp3) is 0.462. The van der Waals surface area contributed by atoms with Gasteiger partial charge in [-0.25, -0.2) is 12.8 Å². The summed E-state index contributed by atoms with van der Waals surface area (Å²) in [6, 6.07) is 3.15. The van der Waals surface area contributed by atoms with Crippen molar-refractivity contribution in [2.45, 2.75) is 10.9 Å². The summed E-state index contributed by atoms with van der Waals surface area (Å²) < 4.78 is 41.9. The van der Waals surface area contributed by atoms with Crippen LogP contribution in [0.1, 0.15) is 0 Å². The quantitative estimate of drug-likeness (QED) is 0.786. The number of sulfone groups is 1. The molecule has 2 atom stereocenters. The second-order valence-electron chi connectivity index (χ2n) is 4.94. The standard InChI is InChI=1S/C13H17FN2O4S/c1-15-12-7-20-6-9(12)13(17)16-11-5-8(21(2,18)19)3-4-10(11)14/h3-5,9,12,15H,6-7H2,1-2H3,(H,16,17). The number of likely N-dealkylation sites (N-methyl/N-ethyl adjacent to an activating group) is 1. The highest BCUT2D eigenvalue weighted by molar-refractivity contribution is 7.90. The minimum atomic E-state index is -3.47. The molecular weight excluding hydrogens is 299 g/mol. The first kappa shape index (κ1) is 15.9. The van der Waals surface area contributed by atoms with Gasteiger partial charge in [0.25, 0.3) is 0 Å². The molecule has 21 heavy (non-hydrogen) atoms. The van der Waals surface area contributed by atoms with Gasteiger partial charge in [0, 0.05) is 12.3 Å². The highest BCUT2D eigenvalue weighted by Gasteiger charge is 2.33. The fourth-order valence-electron chi connectivity index (χ4n) is 2.15. The summed E-state index contributed by atoms with van der Waals surface area (Å²) in [7, 11) is -1.75. The summed E-state index contributed by atoms with van der Waals surface area (Å²) in [6.07, 6.45) is 1.02. The Morgan fingerprint density at radius 2 is 2.10 bits per heavy atom. The molecule has 0 radical (unpaired) electrons. The molecule has 1 heterocycles. The Morgan fingerprint density at radius 3 is 2.71 bits per heavy atom. The first-order chi connectivity index (χ1) is 9.82. The van der Waals surface area contributed by atoms with Crippen LogP contribution in [0.3, 0.4) is 0 Å². The van der Waals surface area contributed by atoms with Crippen LogP contribution in [0.2, 0.25) is 0 Å². The van der Waals surface area contributed by atoms with Gasteiger partial charge in [-0.3, -0.25) is 4.79 Å². The molecule has 0 saturated carbocycles. The highest BCUT2D eigenvalue weighted by Crippen LogP contribution is 2.22. The lowest BCUT2D eigenvalue weighted by molar-refractivity contribution is -0.120. The van der Waals surface area contributed by atoms with E-state index in [4.69, 9.17) is 4.74 Å². The van der Waals surface area contributed by atoms with Crippen LogP contribution in [-0.2, 0) is 19.4 Å². The molecule has 2 N–H and O–H groups in total. The number of amides is 1. The zero-order valence-corrected chi connectivity index (χ0v) is 12.5. The van der Waals surface area contributed by atoms with Crippen LogP contribution >= 0.6 is 0 Å². The summed E-state index contributed by atoms with van der Waals surface area (Å²) in [5, 5.41) is 5.39. The summed E-state index contributed by atoms with van der Waals surface area (Å²) in [4.78, 5) is 12.1. The molecule has 1 aliphatic rings. The number of carbonyl (C=O) groups excluding carboxylic acids is 1. The zero-order chi connectivity index (χ0) is 15.6. The van der Waals surface area contributed by atoms with E-state index >= 15 is 0 Å². The second kappa shape index (κ2) is 6.08. The van der Waals surface area contributed by atoms with Crippen molar-refractivity contribution in [2.75, 3.05) is 31.8 Å². The molecule has 0 aromatic heterocycles. The minimum Gasteiger partial charge on any atom is -0.379 e. The third-order valence-electron chi connectivity index (χ3n) is 3.41. The van der Waals surface area contributed by atoms with Crippen LogP contribution in [0.15, 0.2) is 23.1 Å². The third kappa shape index (κ3) is 3.58. The van der Waals surface area contributed by atoms with E-state index in [2.05, 4.69) is 10.6 Å². The van der Waals surface area contributed by atoms with Crippen molar-refractivity contribution in [3.63, 3.8) is 0 Å². The average Bonchev–Trinajstić information content (AvgIpc) is 2.88. The van der Waals surface area contributed by atoms with Gasteiger partial charge in [0.2, 0.25) is 5.91 Å². The van der Waals surface area contributed by atoms with Gasteiger partial charge < -0.3 is 15.4 Å². The first-order valence-corrected chi connectivity index (χ1v) is 8.27. The van der Waals surface area contributed by atoms with E-state index in [1.807, 2.05) is 0 Å². The summed E-state index contributed by atoms with van der Waals surface area (Å²) >= 11 is 0. The lowest BCUT2D eigenvalue weighted by atomic mass is 10.0. The first-order valence-electron chi connectivity index (χ1n) is 6.38. The normalized spacial score (nSPS) is 22.2. The van der Waals surface area contributed by atoms with Crippen molar-refractivity contribution in [3.8, 4) is 0 Å².